The van der Waals surface area contributed by atoms with E-state index in [1.54, 1.807) is 36.4 Å². The van der Waals surface area contributed by atoms with Crippen molar-refractivity contribution in [1.82, 2.24) is 0 Å². The van der Waals surface area contributed by atoms with Gasteiger partial charge in [0.1, 0.15) is 11.5 Å². The second kappa shape index (κ2) is 9.96. The van der Waals surface area contributed by atoms with Gasteiger partial charge in [-0.3, -0.25) is 4.79 Å². The van der Waals surface area contributed by atoms with Crippen molar-refractivity contribution >= 4 is 17.7 Å². The zero-order valence-corrected chi connectivity index (χ0v) is 18.1. The second-order valence-electron chi connectivity index (χ2n) is 7.55. The predicted molar refractivity (Wildman–Crippen MR) is 119 cm³/mol. The lowest BCUT2D eigenvalue weighted by atomic mass is 9.92. The number of benzene rings is 3. The molecule has 0 fully saturated rings. The maximum atomic E-state index is 14.1. The average molecular weight is 443 g/mol. The quantitative estimate of drug-likeness (QED) is 0.355. The van der Waals surface area contributed by atoms with Crippen LogP contribution < -0.4 is 4.74 Å². The summed E-state index contributed by atoms with van der Waals surface area (Å²) in [5.41, 5.74) is 1.28. The molecule has 31 heavy (non-hydrogen) atoms. The summed E-state index contributed by atoms with van der Waals surface area (Å²) < 4.78 is 34.1. The van der Waals surface area contributed by atoms with Gasteiger partial charge in [0.05, 0.1) is 5.92 Å². The summed E-state index contributed by atoms with van der Waals surface area (Å²) in [7, 11) is 0. The van der Waals surface area contributed by atoms with Crippen molar-refractivity contribution in [3.63, 3.8) is 0 Å². The fourth-order valence-electron chi connectivity index (χ4n) is 3.01. The fourth-order valence-corrected chi connectivity index (χ4v) is 3.91. The van der Waals surface area contributed by atoms with E-state index in [1.807, 2.05) is 42.5 Å². The number of hydrogen-bond donors (Lipinski definition) is 1. The third-order valence-electron chi connectivity index (χ3n) is 4.80. The van der Waals surface area contributed by atoms with Crippen molar-refractivity contribution in [2.45, 2.75) is 36.3 Å². The van der Waals surface area contributed by atoms with Crippen molar-refractivity contribution in [3.8, 4) is 11.5 Å². The molecule has 0 aliphatic rings. The predicted octanol–water partition coefficient (Wildman–Crippen LogP) is 7.23. The summed E-state index contributed by atoms with van der Waals surface area (Å²) in [6.07, 6.45) is 0.218. The van der Waals surface area contributed by atoms with Gasteiger partial charge in [-0.2, -0.15) is 8.78 Å². The summed E-state index contributed by atoms with van der Waals surface area (Å²) in [6.45, 7) is 2.92. The van der Waals surface area contributed by atoms with Gasteiger partial charge in [-0.1, -0.05) is 68.1 Å². The smallest absolute Gasteiger partial charge is 0.311 e. The topological polar surface area (TPSA) is 46.5 Å². The lowest BCUT2D eigenvalue weighted by molar-refractivity contribution is -0.138. The third kappa shape index (κ3) is 6.31. The van der Waals surface area contributed by atoms with Gasteiger partial charge in [-0.05, 0) is 53.9 Å². The first kappa shape index (κ1) is 22.8. The monoisotopic (exact) mass is 442 g/mol. The van der Waals surface area contributed by atoms with Gasteiger partial charge in [0.2, 0.25) is 0 Å². The number of ether oxygens (including phenoxy) is 1. The lowest BCUT2D eigenvalue weighted by Gasteiger charge is -2.20. The number of carboxylic acid groups (broad SMARTS) is 1. The molecule has 0 radical (unpaired) electrons. The van der Waals surface area contributed by atoms with Crippen LogP contribution in [0, 0.1) is 5.92 Å². The lowest BCUT2D eigenvalue weighted by Crippen LogP contribution is -2.19. The van der Waals surface area contributed by atoms with Crippen LogP contribution >= 0.6 is 11.8 Å². The molecular weight excluding hydrogens is 418 g/mol. The highest BCUT2D eigenvalue weighted by Crippen LogP contribution is 2.42. The number of rotatable bonds is 9. The number of alkyl halides is 2. The molecule has 3 aromatic carbocycles. The summed E-state index contributed by atoms with van der Waals surface area (Å²) in [6, 6.07) is 23.0. The standard InChI is InChI=1S/C25H24F2O3S/c1-17(2)25(26,27)31-22-13-7-9-19(16-22)23(24(28)29)15-18-8-6-12-21(14-18)30-20-10-4-3-5-11-20/h3-14,16-17,23H,15H2,1-2H3,(H,28,29). The molecule has 0 aliphatic heterocycles. The van der Waals surface area contributed by atoms with E-state index in [2.05, 4.69) is 0 Å². The highest BCUT2D eigenvalue weighted by Gasteiger charge is 2.35. The first-order valence-electron chi connectivity index (χ1n) is 9.96. The van der Waals surface area contributed by atoms with Crippen LogP contribution in [0.4, 0.5) is 8.78 Å². The Hall–Kier alpha value is -2.86. The van der Waals surface area contributed by atoms with Gasteiger partial charge < -0.3 is 9.84 Å². The summed E-state index contributed by atoms with van der Waals surface area (Å²) in [5.74, 6) is -1.41. The highest BCUT2D eigenvalue weighted by atomic mass is 32.2. The van der Waals surface area contributed by atoms with Gasteiger partial charge >= 0.3 is 5.97 Å². The van der Waals surface area contributed by atoms with Gasteiger partial charge in [-0.25, -0.2) is 0 Å². The molecule has 3 nitrogen and oxygen atoms in total. The highest BCUT2D eigenvalue weighted by molar-refractivity contribution is 8.00. The Labute approximate surface area is 185 Å². The molecule has 0 aromatic heterocycles. The third-order valence-corrected chi connectivity index (χ3v) is 6.03. The molecule has 0 amide bonds. The Morgan fingerprint density at radius 1 is 0.968 bits per heavy atom. The number of carboxylic acids is 1. The normalized spacial score (nSPS) is 12.5. The van der Waals surface area contributed by atoms with Crippen LogP contribution in [0.5, 0.6) is 11.5 Å². The molecule has 0 bridgehead atoms. The van der Waals surface area contributed by atoms with E-state index in [0.29, 0.717) is 33.7 Å². The maximum Gasteiger partial charge on any atom is 0.311 e. The first-order valence-corrected chi connectivity index (χ1v) is 10.8. The second-order valence-corrected chi connectivity index (χ2v) is 8.77. The van der Waals surface area contributed by atoms with Crippen LogP contribution in [-0.4, -0.2) is 16.3 Å². The van der Waals surface area contributed by atoms with E-state index in [1.165, 1.54) is 13.8 Å². The van der Waals surface area contributed by atoms with Crippen molar-refractivity contribution in [2.24, 2.45) is 5.92 Å². The SMILES string of the molecule is CC(C)C(F)(F)Sc1cccc(C(Cc2cccc(Oc3ccccc3)c2)C(=O)O)c1. The molecule has 1 unspecified atom stereocenters. The van der Waals surface area contributed by atoms with E-state index in [4.69, 9.17) is 4.74 Å². The first-order chi connectivity index (χ1) is 14.7. The van der Waals surface area contributed by atoms with E-state index < -0.39 is 23.1 Å². The number of para-hydroxylation sites is 1. The largest absolute Gasteiger partial charge is 0.481 e. The van der Waals surface area contributed by atoms with Crippen LogP contribution in [0.15, 0.2) is 83.8 Å². The van der Waals surface area contributed by atoms with E-state index in [9.17, 15) is 18.7 Å². The number of halogens is 2. The Balaban J connectivity index is 1.80. The molecule has 3 aromatic rings. The molecule has 0 saturated carbocycles. The molecule has 0 aliphatic carbocycles. The van der Waals surface area contributed by atoms with E-state index >= 15 is 0 Å². The van der Waals surface area contributed by atoms with Crippen molar-refractivity contribution in [3.05, 3.63) is 90.0 Å². The fraction of sp³-hybridized carbons (Fsp3) is 0.240. The molecule has 0 heterocycles. The summed E-state index contributed by atoms with van der Waals surface area (Å²) in [4.78, 5) is 12.3. The van der Waals surface area contributed by atoms with Crippen LogP contribution in [0.1, 0.15) is 30.9 Å². The minimum Gasteiger partial charge on any atom is -0.481 e. The Morgan fingerprint density at radius 2 is 1.65 bits per heavy atom. The van der Waals surface area contributed by atoms with E-state index in [0.717, 1.165) is 5.56 Å². The number of aliphatic carboxylic acids is 1. The maximum absolute atomic E-state index is 14.1. The van der Waals surface area contributed by atoms with Gasteiger partial charge in [0, 0.05) is 10.8 Å². The zero-order valence-electron chi connectivity index (χ0n) is 17.3. The summed E-state index contributed by atoms with van der Waals surface area (Å²) >= 11 is 0.461. The number of hydrogen-bond acceptors (Lipinski definition) is 3. The van der Waals surface area contributed by atoms with Gasteiger partial charge in [-0.15, -0.1) is 0 Å². The molecular formula is C25H24F2O3S. The molecule has 1 N–H and O–H groups in total. The van der Waals surface area contributed by atoms with Crippen LogP contribution in [0.25, 0.3) is 0 Å². The molecule has 0 saturated heterocycles. The van der Waals surface area contributed by atoms with Crippen molar-refractivity contribution in [1.29, 1.82) is 0 Å². The van der Waals surface area contributed by atoms with Gasteiger partial charge in [0.15, 0.2) is 0 Å². The molecule has 6 heteroatoms. The summed E-state index contributed by atoms with van der Waals surface area (Å²) in [5, 5.41) is 6.89. The van der Waals surface area contributed by atoms with Crippen LogP contribution in [0.2, 0.25) is 0 Å². The van der Waals surface area contributed by atoms with E-state index in [-0.39, 0.29) is 6.42 Å². The van der Waals surface area contributed by atoms with Crippen molar-refractivity contribution < 1.29 is 23.4 Å². The molecule has 1 atom stereocenters. The Morgan fingerprint density at radius 3 is 2.32 bits per heavy atom. The minimum atomic E-state index is -2.93. The number of thioether (sulfide) groups is 1. The Bertz CT molecular complexity index is 1020. The molecule has 3 rings (SSSR count). The van der Waals surface area contributed by atoms with Crippen LogP contribution in [0.3, 0.4) is 0 Å². The minimum absolute atomic E-state index is 0.218. The van der Waals surface area contributed by atoms with Crippen LogP contribution in [-0.2, 0) is 11.2 Å². The van der Waals surface area contributed by atoms with Crippen molar-refractivity contribution in [2.75, 3.05) is 0 Å². The van der Waals surface area contributed by atoms with Gasteiger partial charge in [0.25, 0.3) is 5.25 Å². The average Bonchev–Trinajstić information content (AvgIpc) is 2.72. The molecule has 0 spiro atoms. The Kier molecular flexibility index (Phi) is 7.33. The number of carbonyl (C=O) groups is 1. The molecule has 162 valence electrons. The zero-order chi connectivity index (χ0) is 22.4.